The summed E-state index contributed by atoms with van der Waals surface area (Å²) in [6, 6.07) is 0. The Morgan fingerprint density at radius 3 is 1.43 bits per heavy atom. The molecule has 0 radical (unpaired) electrons. The van der Waals surface area contributed by atoms with Gasteiger partial charge in [-0.2, -0.15) is 13.5 Å². The number of hydrogen-bond donors (Lipinski definition) is 2. The quantitative estimate of drug-likeness (QED) is 0.261. The van der Waals surface area contributed by atoms with E-state index in [0.29, 0.717) is 0 Å². The Balaban J connectivity index is -0.0000000800. The van der Waals surface area contributed by atoms with E-state index >= 15 is 0 Å². The number of rotatable bonds is 0. The Labute approximate surface area is 59.8 Å². The Morgan fingerprint density at radius 1 is 1.43 bits per heavy atom. The van der Waals surface area contributed by atoms with Gasteiger partial charge in [0.1, 0.15) is 0 Å². The molecule has 0 bridgehead atoms. The average Bonchev–Trinajstić information content (AvgIpc) is 0.722. The van der Waals surface area contributed by atoms with Crippen molar-refractivity contribution < 1.29 is 38.1 Å². The third-order valence-electron chi connectivity index (χ3n) is 0. The Morgan fingerprint density at radius 2 is 1.43 bits per heavy atom. The number of phosphoric acid groups is 1. The molecule has 7 heteroatoms. The van der Waals surface area contributed by atoms with E-state index < -0.39 is 7.82 Å². The van der Waals surface area contributed by atoms with Crippen LogP contribution in [0.3, 0.4) is 0 Å². The van der Waals surface area contributed by atoms with Crippen LogP contribution in [0.25, 0.3) is 0 Å². The molecule has 0 saturated carbocycles. The maximum absolute atomic E-state index is 8.77. The van der Waals surface area contributed by atoms with Crippen LogP contribution in [0.4, 0.5) is 0 Å². The molecule has 0 atom stereocenters. The zero-order valence-electron chi connectivity index (χ0n) is 3.66. The van der Waals surface area contributed by atoms with E-state index in [-0.39, 0.29) is 32.4 Å². The van der Waals surface area contributed by atoms with Gasteiger partial charge in [-0.15, -0.1) is 0 Å². The van der Waals surface area contributed by atoms with Crippen molar-refractivity contribution in [1.82, 2.24) is 0 Å². The van der Waals surface area contributed by atoms with Gasteiger partial charge in [0.2, 0.25) is 0 Å². The van der Waals surface area contributed by atoms with Gasteiger partial charge >= 0.3 is 18.9 Å². The standard InChI is InChI=1S/Li.H3O4P.H2S/c;1-5(2,3)4;/h;(H3,1,2,3,4);1H2/q+1;;/p-1. The van der Waals surface area contributed by atoms with Crippen molar-refractivity contribution in [3.8, 4) is 0 Å². The SMILES string of the molecule is O=P([O-])(O)O.S.[Li+]. The van der Waals surface area contributed by atoms with Gasteiger partial charge in [-0.25, -0.2) is 0 Å². The van der Waals surface area contributed by atoms with Crippen LogP contribution in [0, 0.1) is 0 Å². The van der Waals surface area contributed by atoms with Crippen molar-refractivity contribution in [1.29, 1.82) is 0 Å². The molecular formula is H4LiO4PS. The Hall–Kier alpha value is 1.06. The van der Waals surface area contributed by atoms with E-state index in [9.17, 15) is 0 Å². The van der Waals surface area contributed by atoms with Crippen molar-refractivity contribution in [2.24, 2.45) is 0 Å². The second kappa shape index (κ2) is 5.20. The monoisotopic (exact) mass is 138 g/mol. The summed E-state index contributed by atoms with van der Waals surface area (Å²) in [5.74, 6) is 0. The van der Waals surface area contributed by atoms with Crippen molar-refractivity contribution in [2.75, 3.05) is 0 Å². The van der Waals surface area contributed by atoms with E-state index in [1.165, 1.54) is 0 Å². The summed E-state index contributed by atoms with van der Waals surface area (Å²) in [5.41, 5.74) is 0. The number of hydrogen-bond acceptors (Lipinski definition) is 2. The third-order valence-corrected chi connectivity index (χ3v) is 0. The van der Waals surface area contributed by atoms with Crippen LogP contribution < -0.4 is 23.8 Å². The van der Waals surface area contributed by atoms with Crippen LogP contribution in [-0.2, 0) is 4.57 Å². The Kier molecular flexibility index (Phi) is 11.7. The van der Waals surface area contributed by atoms with E-state index in [0.717, 1.165) is 0 Å². The van der Waals surface area contributed by atoms with E-state index in [4.69, 9.17) is 19.2 Å². The molecule has 0 fully saturated rings. The topological polar surface area (TPSA) is 80.6 Å². The molecule has 0 aromatic rings. The van der Waals surface area contributed by atoms with E-state index in [1.807, 2.05) is 0 Å². The molecule has 0 unspecified atom stereocenters. The maximum atomic E-state index is 8.77. The van der Waals surface area contributed by atoms with Crippen LogP contribution in [0.1, 0.15) is 0 Å². The minimum Gasteiger partial charge on any atom is -0.756 e. The molecule has 0 spiro atoms. The van der Waals surface area contributed by atoms with Gasteiger partial charge in [-0.05, 0) is 0 Å². The van der Waals surface area contributed by atoms with Gasteiger partial charge in [0.15, 0.2) is 0 Å². The van der Waals surface area contributed by atoms with Crippen molar-refractivity contribution >= 4 is 21.3 Å². The van der Waals surface area contributed by atoms with Crippen LogP contribution in [0.2, 0.25) is 0 Å². The largest absolute Gasteiger partial charge is 1.00 e. The molecule has 7 heavy (non-hydrogen) atoms. The third kappa shape index (κ3) is 161. The average molecular weight is 138 g/mol. The first-order chi connectivity index (χ1) is 2.00. The normalized spacial score (nSPS) is 8.43. The van der Waals surface area contributed by atoms with Crippen LogP contribution >= 0.6 is 21.3 Å². The van der Waals surface area contributed by atoms with E-state index in [2.05, 4.69) is 0 Å². The smallest absolute Gasteiger partial charge is 0.756 e. The molecule has 40 valence electrons. The maximum Gasteiger partial charge on any atom is 1.00 e. The predicted molar refractivity (Wildman–Crippen MR) is 22.4 cm³/mol. The summed E-state index contributed by atoms with van der Waals surface area (Å²) in [4.78, 5) is 22.9. The summed E-state index contributed by atoms with van der Waals surface area (Å²) in [5, 5.41) is 0. The zero-order chi connectivity index (χ0) is 4.50. The molecule has 0 aliphatic carbocycles. The molecular weight excluding hydrogens is 134 g/mol. The minimum absolute atomic E-state index is 0. The zero-order valence-corrected chi connectivity index (χ0v) is 5.55. The van der Waals surface area contributed by atoms with Crippen LogP contribution in [0.15, 0.2) is 0 Å². The van der Waals surface area contributed by atoms with E-state index in [1.54, 1.807) is 0 Å². The molecule has 0 saturated heterocycles. The van der Waals surface area contributed by atoms with Gasteiger partial charge in [0.05, 0.1) is 0 Å². The molecule has 0 aromatic carbocycles. The molecule has 2 N–H and O–H groups in total. The molecule has 0 rings (SSSR count). The van der Waals surface area contributed by atoms with Gasteiger partial charge in [0.25, 0.3) is 7.82 Å². The first-order valence-corrected chi connectivity index (χ1v) is 2.30. The molecule has 0 aromatic heterocycles. The molecule has 0 aliphatic heterocycles. The summed E-state index contributed by atoms with van der Waals surface area (Å²) in [6.45, 7) is 0. The molecule has 0 aliphatic rings. The van der Waals surface area contributed by atoms with Crippen LogP contribution in [-0.4, -0.2) is 9.79 Å². The summed E-state index contributed by atoms with van der Waals surface area (Å²) < 4.78 is 8.77. The second-order valence-corrected chi connectivity index (χ2v) is 1.47. The van der Waals surface area contributed by atoms with Gasteiger partial charge < -0.3 is 14.7 Å². The van der Waals surface area contributed by atoms with Gasteiger partial charge in [-0.1, -0.05) is 0 Å². The second-order valence-electron chi connectivity index (χ2n) is 0.491. The summed E-state index contributed by atoms with van der Waals surface area (Å²) in [6.07, 6.45) is 0. The fraction of sp³-hybridized carbons (Fsp3) is 0. The van der Waals surface area contributed by atoms with Crippen molar-refractivity contribution in [3.05, 3.63) is 0 Å². The fourth-order valence-corrected chi connectivity index (χ4v) is 0. The predicted octanol–water partition coefficient (Wildman–Crippen LogP) is -4.44. The summed E-state index contributed by atoms with van der Waals surface area (Å²) >= 11 is 0. The summed E-state index contributed by atoms with van der Waals surface area (Å²) in [7, 11) is -4.89. The van der Waals surface area contributed by atoms with Crippen molar-refractivity contribution in [3.63, 3.8) is 0 Å². The molecule has 0 amide bonds. The molecule has 0 heterocycles. The van der Waals surface area contributed by atoms with Gasteiger partial charge in [0, 0.05) is 0 Å². The van der Waals surface area contributed by atoms with Gasteiger partial charge in [-0.3, -0.25) is 4.57 Å². The molecule has 4 nitrogen and oxygen atoms in total. The first kappa shape index (κ1) is 15.7. The Bertz CT molecular complexity index is 57.8. The van der Waals surface area contributed by atoms with Crippen LogP contribution in [0.5, 0.6) is 0 Å². The minimum atomic E-state index is -4.89. The van der Waals surface area contributed by atoms with Crippen molar-refractivity contribution in [2.45, 2.75) is 0 Å². The first-order valence-electron chi connectivity index (χ1n) is 0.765. The fourth-order valence-electron chi connectivity index (χ4n) is 0.